The van der Waals surface area contributed by atoms with Gasteiger partial charge in [-0.25, -0.2) is 0 Å². The van der Waals surface area contributed by atoms with Crippen molar-refractivity contribution in [3.05, 3.63) is 33.3 Å². The molecule has 1 aliphatic rings. The summed E-state index contributed by atoms with van der Waals surface area (Å²) in [6.45, 7) is 3.06. The van der Waals surface area contributed by atoms with Crippen LogP contribution in [0.2, 0.25) is 5.02 Å². The van der Waals surface area contributed by atoms with Crippen molar-refractivity contribution in [2.75, 3.05) is 6.54 Å². The van der Waals surface area contributed by atoms with E-state index in [9.17, 15) is 4.79 Å². The van der Waals surface area contributed by atoms with Gasteiger partial charge in [-0.15, -0.1) is 0 Å². The van der Waals surface area contributed by atoms with Crippen LogP contribution in [0.25, 0.3) is 0 Å². The summed E-state index contributed by atoms with van der Waals surface area (Å²) in [5.74, 6) is 1.37. The topological polar surface area (TPSA) is 29.1 Å². The van der Waals surface area contributed by atoms with Crippen molar-refractivity contribution < 1.29 is 4.79 Å². The summed E-state index contributed by atoms with van der Waals surface area (Å²) in [5, 5.41) is 3.60. The third-order valence-corrected chi connectivity index (χ3v) is 4.40. The highest BCUT2D eigenvalue weighted by Gasteiger charge is 2.19. The first-order valence-electron chi connectivity index (χ1n) is 6.79. The number of benzene rings is 1. The molecule has 0 aromatic heterocycles. The molecule has 0 heterocycles. The van der Waals surface area contributed by atoms with Crippen molar-refractivity contribution in [1.29, 1.82) is 0 Å². The Balaban J connectivity index is 1.90. The Hall–Kier alpha value is -0.540. The van der Waals surface area contributed by atoms with Crippen LogP contribution in [0.3, 0.4) is 0 Å². The summed E-state index contributed by atoms with van der Waals surface area (Å²) in [5.41, 5.74) is 0.614. The highest BCUT2D eigenvalue weighted by atomic mass is 79.9. The monoisotopic (exact) mass is 343 g/mol. The molecule has 1 aliphatic carbocycles. The van der Waals surface area contributed by atoms with Gasteiger partial charge in [0.2, 0.25) is 0 Å². The van der Waals surface area contributed by atoms with Gasteiger partial charge in [-0.3, -0.25) is 4.79 Å². The summed E-state index contributed by atoms with van der Waals surface area (Å²) in [6, 6.07) is 5.27. The molecule has 1 saturated carbocycles. The average molecular weight is 345 g/mol. The fraction of sp³-hybridized carbons (Fsp3) is 0.533. The third-order valence-electron chi connectivity index (χ3n) is 3.72. The lowest BCUT2D eigenvalue weighted by Gasteiger charge is -2.26. The molecule has 1 aromatic carbocycles. The Morgan fingerprint density at radius 2 is 2.21 bits per heavy atom. The fourth-order valence-electron chi connectivity index (χ4n) is 2.77. The van der Waals surface area contributed by atoms with Crippen molar-refractivity contribution in [3.63, 3.8) is 0 Å². The zero-order valence-corrected chi connectivity index (χ0v) is 13.4. The molecule has 1 amide bonds. The molecular formula is C15H19BrClNO. The SMILES string of the molecule is CC1CCCC(CNC(=O)c2cc(Cl)cc(Br)c2)C1. The van der Waals surface area contributed by atoms with E-state index in [2.05, 4.69) is 28.2 Å². The molecule has 2 atom stereocenters. The molecule has 2 nitrogen and oxygen atoms in total. The third kappa shape index (κ3) is 4.50. The zero-order chi connectivity index (χ0) is 13.8. The first-order chi connectivity index (χ1) is 9.04. The number of nitrogens with one attached hydrogen (secondary N) is 1. The quantitative estimate of drug-likeness (QED) is 0.849. The average Bonchev–Trinajstić information content (AvgIpc) is 2.35. The van der Waals surface area contributed by atoms with E-state index in [4.69, 9.17) is 11.6 Å². The summed E-state index contributed by atoms with van der Waals surface area (Å²) < 4.78 is 0.830. The molecule has 19 heavy (non-hydrogen) atoms. The standard InChI is InChI=1S/C15H19BrClNO/c1-10-3-2-4-11(5-10)9-18-15(19)12-6-13(16)8-14(17)7-12/h6-8,10-11H,2-5,9H2,1H3,(H,18,19). The minimum absolute atomic E-state index is 0.0403. The van der Waals surface area contributed by atoms with Gasteiger partial charge in [0.15, 0.2) is 0 Å². The molecule has 0 saturated heterocycles. The van der Waals surface area contributed by atoms with E-state index in [1.54, 1.807) is 18.2 Å². The predicted octanol–water partition coefficient (Wildman–Crippen LogP) is 4.66. The van der Waals surface area contributed by atoms with Crippen molar-refractivity contribution in [3.8, 4) is 0 Å². The first kappa shape index (κ1) is 14.9. The smallest absolute Gasteiger partial charge is 0.251 e. The number of carbonyl (C=O) groups excluding carboxylic acids is 1. The Kier molecular flexibility index (Phi) is 5.28. The van der Waals surface area contributed by atoms with Crippen molar-refractivity contribution in [2.24, 2.45) is 11.8 Å². The second-order valence-electron chi connectivity index (χ2n) is 5.51. The van der Waals surface area contributed by atoms with Gasteiger partial charge in [0.1, 0.15) is 0 Å². The van der Waals surface area contributed by atoms with Crippen LogP contribution in [0.4, 0.5) is 0 Å². The Labute approximate surface area is 128 Å². The van der Waals surface area contributed by atoms with Crippen molar-refractivity contribution in [2.45, 2.75) is 32.6 Å². The fourth-order valence-corrected chi connectivity index (χ4v) is 3.63. The maximum atomic E-state index is 12.1. The Morgan fingerprint density at radius 3 is 2.89 bits per heavy atom. The minimum Gasteiger partial charge on any atom is -0.352 e. The lowest BCUT2D eigenvalue weighted by molar-refractivity contribution is 0.0940. The second-order valence-corrected chi connectivity index (χ2v) is 6.86. The molecule has 2 unspecified atom stereocenters. The second kappa shape index (κ2) is 6.76. The van der Waals surface area contributed by atoms with Gasteiger partial charge in [-0.2, -0.15) is 0 Å². The maximum Gasteiger partial charge on any atom is 0.251 e. The first-order valence-corrected chi connectivity index (χ1v) is 7.96. The number of halogens is 2. The van der Waals surface area contributed by atoms with E-state index < -0.39 is 0 Å². The van der Waals surface area contributed by atoms with Gasteiger partial charge in [0.25, 0.3) is 5.91 Å². The highest BCUT2D eigenvalue weighted by Crippen LogP contribution is 2.28. The van der Waals surface area contributed by atoms with Crippen molar-refractivity contribution in [1.82, 2.24) is 5.32 Å². The molecule has 0 aliphatic heterocycles. The number of carbonyl (C=O) groups is 1. The van der Waals surface area contributed by atoms with E-state index in [-0.39, 0.29) is 5.91 Å². The van der Waals surface area contributed by atoms with Crippen LogP contribution in [-0.2, 0) is 0 Å². The molecule has 0 radical (unpaired) electrons. The lowest BCUT2D eigenvalue weighted by atomic mass is 9.82. The number of rotatable bonds is 3. The van der Waals surface area contributed by atoms with Crippen LogP contribution in [0.15, 0.2) is 22.7 Å². The zero-order valence-electron chi connectivity index (χ0n) is 11.1. The van der Waals surface area contributed by atoms with Gasteiger partial charge in [-0.1, -0.05) is 47.3 Å². The molecule has 2 rings (SSSR count). The van der Waals surface area contributed by atoms with Crippen LogP contribution in [0.5, 0.6) is 0 Å². The molecule has 4 heteroatoms. The van der Waals surface area contributed by atoms with Crippen LogP contribution < -0.4 is 5.32 Å². The van der Waals surface area contributed by atoms with Crippen LogP contribution in [0, 0.1) is 11.8 Å². The van der Waals surface area contributed by atoms with Gasteiger partial charge in [0.05, 0.1) is 0 Å². The molecule has 1 aromatic rings. The normalized spacial score (nSPS) is 23.1. The summed E-state index contributed by atoms with van der Waals surface area (Å²) in [6.07, 6.45) is 5.06. The number of hydrogen-bond donors (Lipinski definition) is 1. The van der Waals surface area contributed by atoms with Gasteiger partial charge in [0, 0.05) is 21.6 Å². The molecule has 1 fully saturated rings. The Bertz CT molecular complexity index is 443. The molecular weight excluding hydrogens is 326 g/mol. The Morgan fingerprint density at radius 1 is 1.42 bits per heavy atom. The number of amides is 1. The molecule has 1 N–H and O–H groups in total. The predicted molar refractivity (Wildman–Crippen MR) is 82.6 cm³/mol. The van der Waals surface area contributed by atoms with Crippen molar-refractivity contribution >= 4 is 33.4 Å². The lowest BCUT2D eigenvalue weighted by Crippen LogP contribution is -2.31. The largest absolute Gasteiger partial charge is 0.352 e. The van der Waals surface area contributed by atoms with Crippen LogP contribution in [-0.4, -0.2) is 12.5 Å². The summed E-state index contributed by atoms with van der Waals surface area (Å²) in [7, 11) is 0. The molecule has 0 spiro atoms. The van der Waals surface area contributed by atoms with E-state index >= 15 is 0 Å². The number of hydrogen-bond acceptors (Lipinski definition) is 1. The van der Waals surface area contributed by atoms with E-state index in [0.29, 0.717) is 16.5 Å². The van der Waals surface area contributed by atoms with E-state index in [0.717, 1.165) is 16.9 Å². The molecule has 104 valence electrons. The minimum atomic E-state index is -0.0403. The van der Waals surface area contributed by atoms with Crippen LogP contribution in [0.1, 0.15) is 43.0 Å². The highest BCUT2D eigenvalue weighted by molar-refractivity contribution is 9.10. The summed E-state index contributed by atoms with van der Waals surface area (Å²) >= 11 is 9.30. The van der Waals surface area contributed by atoms with E-state index in [1.807, 2.05) is 0 Å². The molecule has 0 bridgehead atoms. The van der Waals surface area contributed by atoms with Gasteiger partial charge < -0.3 is 5.32 Å². The van der Waals surface area contributed by atoms with E-state index in [1.165, 1.54) is 25.7 Å². The van der Waals surface area contributed by atoms with Gasteiger partial charge >= 0.3 is 0 Å². The van der Waals surface area contributed by atoms with Crippen LogP contribution >= 0.6 is 27.5 Å². The maximum absolute atomic E-state index is 12.1. The summed E-state index contributed by atoms with van der Waals surface area (Å²) in [4.78, 5) is 12.1. The van der Waals surface area contributed by atoms with Gasteiger partial charge in [-0.05, 0) is 42.9 Å².